The van der Waals surface area contributed by atoms with Crippen LogP contribution in [0.4, 0.5) is 5.69 Å². The Bertz CT molecular complexity index is 936. The fourth-order valence-corrected chi connectivity index (χ4v) is 3.05. The third-order valence-corrected chi connectivity index (χ3v) is 4.51. The number of ether oxygens (including phenoxy) is 2. The van der Waals surface area contributed by atoms with Gasteiger partial charge < -0.3 is 14.6 Å². The van der Waals surface area contributed by atoms with Gasteiger partial charge in [0.2, 0.25) is 5.91 Å². The molecular formula is C20H20N2O5. The summed E-state index contributed by atoms with van der Waals surface area (Å²) in [6.07, 6.45) is 0.770. The van der Waals surface area contributed by atoms with Crippen molar-refractivity contribution in [1.82, 2.24) is 0 Å². The number of carboxylic acids is 1. The first-order valence-electron chi connectivity index (χ1n) is 8.42. The molecule has 27 heavy (non-hydrogen) atoms. The van der Waals surface area contributed by atoms with Crippen molar-refractivity contribution in [2.45, 2.75) is 19.8 Å². The SMILES string of the molecule is COc1ccc(C2=NN(c3cccc(C(=O)O)c3C)C(=O)CC2)cc1OC. The number of carbonyl (C=O) groups is 2. The van der Waals surface area contributed by atoms with Gasteiger partial charge in [-0.15, -0.1) is 0 Å². The quantitative estimate of drug-likeness (QED) is 0.875. The largest absolute Gasteiger partial charge is 0.493 e. The van der Waals surface area contributed by atoms with Crippen LogP contribution in [-0.2, 0) is 4.79 Å². The Labute approximate surface area is 156 Å². The van der Waals surface area contributed by atoms with Gasteiger partial charge in [0.1, 0.15) is 0 Å². The topological polar surface area (TPSA) is 88.4 Å². The van der Waals surface area contributed by atoms with E-state index in [-0.39, 0.29) is 17.9 Å². The van der Waals surface area contributed by atoms with Crippen LogP contribution in [0.5, 0.6) is 11.5 Å². The first kappa shape index (κ1) is 18.4. The molecule has 0 saturated heterocycles. The second kappa shape index (κ2) is 7.49. The second-order valence-corrected chi connectivity index (χ2v) is 6.08. The molecule has 0 unspecified atom stereocenters. The monoisotopic (exact) mass is 368 g/mol. The number of carboxylic acid groups (broad SMARTS) is 1. The van der Waals surface area contributed by atoms with Crippen LogP contribution >= 0.6 is 0 Å². The summed E-state index contributed by atoms with van der Waals surface area (Å²) in [7, 11) is 3.12. The molecule has 2 aromatic carbocycles. The average molecular weight is 368 g/mol. The molecule has 140 valence electrons. The van der Waals surface area contributed by atoms with E-state index in [1.807, 2.05) is 12.1 Å². The van der Waals surface area contributed by atoms with E-state index < -0.39 is 5.97 Å². The van der Waals surface area contributed by atoms with Crippen LogP contribution in [0.2, 0.25) is 0 Å². The molecule has 0 fully saturated rings. The highest BCUT2D eigenvalue weighted by atomic mass is 16.5. The lowest BCUT2D eigenvalue weighted by molar-refractivity contribution is -0.118. The molecule has 1 aliphatic rings. The number of hydrogen-bond acceptors (Lipinski definition) is 5. The van der Waals surface area contributed by atoms with Crippen molar-refractivity contribution in [1.29, 1.82) is 0 Å². The van der Waals surface area contributed by atoms with Crippen molar-refractivity contribution in [3.05, 3.63) is 53.1 Å². The van der Waals surface area contributed by atoms with E-state index >= 15 is 0 Å². The van der Waals surface area contributed by atoms with Crippen molar-refractivity contribution in [2.24, 2.45) is 5.10 Å². The van der Waals surface area contributed by atoms with E-state index in [0.717, 1.165) is 11.3 Å². The Morgan fingerprint density at radius 1 is 1.11 bits per heavy atom. The highest BCUT2D eigenvalue weighted by Crippen LogP contribution is 2.31. The van der Waals surface area contributed by atoms with E-state index in [1.165, 1.54) is 11.1 Å². The first-order chi connectivity index (χ1) is 13.0. The number of nitrogens with zero attached hydrogens (tertiary/aromatic N) is 2. The molecule has 1 aliphatic heterocycles. The zero-order valence-corrected chi connectivity index (χ0v) is 15.4. The van der Waals surface area contributed by atoms with Crippen molar-refractivity contribution in [3.8, 4) is 11.5 Å². The van der Waals surface area contributed by atoms with Crippen LogP contribution in [0.25, 0.3) is 0 Å². The first-order valence-corrected chi connectivity index (χ1v) is 8.42. The molecule has 7 heteroatoms. The molecule has 0 aliphatic carbocycles. The molecule has 0 aromatic heterocycles. The number of benzene rings is 2. The maximum atomic E-state index is 12.5. The predicted octanol–water partition coefficient (Wildman–Crippen LogP) is 3.24. The lowest BCUT2D eigenvalue weighted by Crippen LogP contribution is -2.32. The minimum Gasteiger partial charge on any atom is -0.493 e. The Kier molecular flexibility index (Phi) is 5.12. The summed E-state index contributed by atoms with van der Waals surface area (Å²) in [6, 6.07) is 10.3. The molecule has 0 bridgehead atoms. The number of hydrazone groups is 1. The fraction of sp³-hybridized carbons (Fsp3) is 0.250. The number of hydrogen-bond donors (Lipinski definition) is 1. The van der Waals surface area contributed by atoms with E-state index in [1.54, 1.807) is 39.3 Å². The summed E-state index contributed by atoms with van der Waals surface area (Å²) in [5.74, 6) is -0.0337. The van der Waals surface area contributed by atoms with Gasteiger partial charge in [-0.3, -0.25) is 4.79 Å². The molecular weight excluding hydrogens is 348 g/mol. The van der Waals surface area contributed by atoms with Gasteiger partial charge in [0.15, 0.2) is 11.5 Å². The zero-order chi connectivity index (χ0) is 19.6. The maximum absolute atomic E-state index is 12.5. The van der Waals surface area contributed by atoms with Crippen LogP contribution in [-0.4, -0.2) is 36.9 Å². The molecule has 0 saturated carbocycles. The smallest absolute Gasteiger partial charge is 0.336 e. The Morgan fingerprint density at radius 3 is 2.52 bits per heavy atom. The third kappa shape index (κ3) is 3.48. The summed E-state index contributed by atoms with van der Waals surface area (Å²) in [6.45, 7) is 1.67. The van der Waals surface area contributed by atoms with Gasteiger partial charge in [0.25, 0.3) is 0 Å². The second-order valence-electron chi connectivity index (χ2n) is 6.08. The van der Waals surface area contributed by atoms with Crippen molar-refractivity contribution >= 4 is 23.3 Å². The van der Waals surface area contributed by atoms with E-state index in [9.17, 15) is 14.7 Å². The molecule has 1 heterocycles. The number of carbonyl (C=O) groups excluding carboxylic acids is 1. The van der Waals surface area contributed by atoms with E-state index in [2.05, 4.69) is 5.10 Å². The number of anilines is 1. The van der Waals surface area contributed by atoms with E-state index in [0.29, 0.717) is 29.2 Å². The van der Waals surface area contributed by atoms with Crippen molar-refractivity contribution < 1.29 is 24.2 Å². The third-order valence-electron chi connectivity index (χ3n) is 4.51. The highest BCUT2D eigenvalue weighted by Gasteiger charge is 2.25. The van der Waals surface area contributed by atoms with Crippen molar-refractivity contribution in [2.75, 3.05) is 19.2 Å². The van der Waals surface area contributed by atoms with E-state index in [4.69, 9.17) is 9.47 Å². The van der Waals surface area contributed by atoms with Crippen molar-refractivity contribution in [3.63, 3.8) is 0 Å². The standard InChI is InChI=1S/C20H20N2O5/c1-12-14(20(24)25)5-4-6-16(12)22-19(23)10-8-15(21-22)13-7-9-17(26-2)18(11-13)27-3/h4-7,9,11H,8,10H2,1-3H3,(H,24,25). The van der Waals surface area contributed by atoms with Crippen LogP contribution in [0.3, 0.4) is 0 Å². The van der Waals surface area contributed by atoms with Gasteiger partial charge in [-0.2, -0.15) is 5.10 Å². The minimum atomic E-state index is -1.04. The van der Waals surface area contributed by atoms with Gasteiger partial charge in [0, 0.05) is 18.4 Å². The van der Waals surface area contributed by atoms with Gasteiger partial charge in [-0.1, -0.05) is 6.07 Å². The number of methoxy groups -OCH3 is 2. The minimum absolute atomic E-state index is 0.147. The van der Waals surface area contributed by atoms with Gasteiger partial charge >= 0.3 is 5.97 Å². The van der Waals surface area contributed by atoms with Gasteiger partial charge in [0.05, 0.1) is 31.2 Å². The highest BCUT2D eigenvalue weighted by molar-refractivity contribution is 6.09. The molecule has 0 atom stereocenters. The summed E-state index contributed by atoms with van der Waals surface area (Å²) < 4.78 is 10.6. The lowest BCUT2D eigenvalue weighted by Gasteiger charge is -2.25. The molecule has 0 radical (unpaired) electrons. The van der Waals surface area contributed by atoms with Gasteiger partial charge in [-0.05, 0) is 42.8 Å². The zero-order valence-electron chi connectivity index (χ0n) is 15.4. The number of rotatable bonds is 5. The molecule has 2 aromatic rings. The number of aromatic carboxylic acids is 1. The molecule has 1 N–H and O–H groups in total. The van der Waals surface area contributed by atoms with Crippen LogP contribution in [0.15, 0.2) is 41.5 Å². The molecule has 7 nitrogen and oxygen atoms in total. The van der Waals surface area contributed by atoms with Gasteiger partial charge in [-0.25, -0.2) is 9.80 Å². The summed E-state index contributed by atoms with van der Waals surface area (Å²) >= 11 is 0. The fourth-order valence-electron chi connectivity index (χ4n) is 3.05. The molecule has 0 spiro atoms. The van der Waals surface area contributed by atoms with Crippen LogP contribution in [0, 0.1) is 6.92 Å². The Balaban J connectivity index is 2.05. The summed E-state index contributed by atoms with van der Waals surface area (Å²) in [4.78, 5) is 23.8. The Morgan fingerprint density at radius 2 is 1.85 bits per heavy atom. The Hall–Kier alpha value is -3.35. The summed E-state index contributed by atoms with van der Waals surface area (Å²) in [5, 5.41) is 15.1. The molecule has 1 amide bonds. The lowest BCUT2D eigenvalue weighted by atomic mass is 10.0. The number of amides is 1. The average Bonchev–Trinajstić information content (AvgIpc) is 2.68. The maximum Gasteiger partial charge on any atom is 0.336 e. The van der Waals surface area contributed by atoms with Crippen LogP contribution in [0.1, 0.15) is 34.3 Å². The predicted molar refractivity (Wildman–Crippen MR) is 101 cm³/mol. The van der Waals surface area contributed by atoms with Crippen LogP contribution < -0.4 is 14.5 Å². The summed E-state index contributed by atoms with van der Waals surface area (Å²) in [5.41, 5.74) is 2.65. The molecule has 3 rings (SSSR count). The normalized spacial score (nSPS) is 14.0.